The van der Waals surface area contributed by atoms with Gasteiger partial charge >= 0.3 is 0 Å². The lowest BCUT2D eigenvalue weighted by Crippen LogP contribution is -2.15. The number of amides is 1. The zero-order valence-electron chi connectivity index (χ0n) is 16.1. The Balaban J connectivity index is 1.79. The Morgan fingerprint density at radius 3 is 2.34 bits per heavy atom. The van der Waals surface area contributed by atoms with Gasteiger partial charge in [0.05, 0.1) is 11.4 Å². The number of para-hydroxylation sites is 2. The molecule has 5 nitrogen and oxygen atoms in total. The van der Waals surface area contributed by atoms with Gasteiger partial charge in [-0.2, -0.15) is 0 Å². The SMILES string of the molecule is Cc1ccc(-c2nc(C(=O)Nc3ccccc3F)nn2-c2ccccc2C)cc1. The molecule has 4 aromatic rings. The Bertz CT molecular complexity index is 1180. The number of hydrogen-bond donors (Lipinski definition) is 1. The third-order valence-corrected chi connectivity index (χ3v) is 4.59. The standard InChI is InChI=1S/C23H19FN4O/c1-15-11-13-17(14-12-15)22-26-21(23(29)25-19-9-5-4-8-18(19)24)27-28(22)20-10-6-3-7-16(20)2/h3-14H,1-2H3,(H,25,29). The molecule has 0 saturated carbocycles. The summed E-state index contributed by atoms with van der Waals surface area (Å²) in [4.78, 5) is 17.2. The van der Waals surface area contributed by atoms with Gasteiger partial charge in [-0.15, -0.1) is 5.10 Å². The van der Waals surface area contributed by atoms with Crippen LogP contribution in [0.3, 0.4) is 0 Å². The normalized spacial score (nSPS) is 10.7. The van der Waals surface area contributed by atoms with E-state index < -0.39 is 11.7 Å². The summed E-state index contributed by atoms with van der Waals surface area (Å²) in [7, 11) is 0. The van der Waals surface area contributed by atoms with Crippen molar-refractivity contribution in [2.75, 3.05) is 5.32 Å². The second kappa shape index (κ2) is 7.67. The number of hydrogen-bond acceptors (Lipinski definition) is 3. The predicted octanol–water partition coefficient (Wildman–Crippen LogP) is 4.94. The first-order valence-corrected chi connectivity index (χ1v) is 9.19. The number of carbonyl (C=O) groups excluding carboxylic acids is 1. The van der Waals surface area contributed by atoms with E-state index in [0.717, 1.165) is 22.4 Å². The molecule has 1 N–H and O–H groups in total. The van der Waals surface area contributed by atoms with Crippen molar-refractivity contribution in [2.24, 2.45) is 0 Å². The highest BCUT2D eigenvalue weighted by Crippen LogP contribution is 2.24. The molecule has 0 aliphatic carbocycles. The molecule has 144 valence electrons. The maximum Gasteiger partial charge on any atom is 0.295 e. The minimum atomic E-state index is -0.573. The van der Waals surface area contributed by atoms with Crippen LogP contribution in [0.4, 0.5) is 10.1 Å². The van der Waals surface area contributed by atoms with Gasteiger partial charge in [0.1, 0.15) is 5.82 Å². The first-order chi connectivity index (χ1) is 14.0. The largest absolute Gasteiger partial charge is 0.317 e. The monoisotopic (exact) mass is 386 g/mol. The molecule has 0 aliphatic rings. The van der Waals surface area contributed by atoms with E-state index in [-0.39, 0.29) is 11.5 Å². The van der Waals surface area contributed by atoms with E-state index >= 15 is 0 Å². The number of nitrogens with zero attached hydrogens (tertiary/aromatic N) is 3. The number of aryl methyl sites for hydroxylation is 2. The molecule has 0 aliphatic heterocycles. The van der Waals surface area contributed by atoms with Crippen molar-refractivity contribution >= 4 is 11.6 Å². The quantitative estimate of drug-likeness (QED) is 0.540. The topological polar surface area (TPSA) is 59.8 Å². The van der Waals surface area contributed by atoms with Crippen LogP contribution in [0.5, 0.6) is 0 Å². The van der Waals surface area contributed by atoms with Crippen molar-refractivity contribution in [3.63, 3.8) is 0 Å². The van der Waals surface area contributed by atoms with Gasteiger partial charge in [0.15, 0.2) is 5.82 Å². The molecule has 0 saturated heterocycles. The lowest BCUT2D eigenvalue weighted by Gasteiger charge is -2.08. The molecule has 0 bridgehead atoms. The zero-order valence-corrected chi connectivity index (χ0v) is 16.1. The van der Waals surface area contributed by atoms with Crippen LogP contribution < -0.4 is 5.32 Å². The van der Waals surface area contributed by atoms with Gasteiger partial charge in [-0.3, -0.25) is 4.79 Å². The third kappa shape index (κ3) is 3.78. The molecule has 0 unspecified atom stereocenters. The molecule has 1 heterocycles. The van der Waals surface area contributed by atoms with Gasteiger partial charge in [-0.05, 0) is 37.6 Å². The van der Waals surface area contributed by atoms with E-state index in [2.05, 4.69) is 15.4 Å². The van der Waals surface area contributed by atoms with Gasteiger partial charge in [0, 0.05) is 5.56 Å². The van der Waals surface area contributed by atoms with Crippen molar-refractivity contribution in [2.45, 2.75) is 13.8 Å². The molecule has 6 heteroatoms. The van der Waals surface area contributed by atoms with Gasteiger partial charge in [-0.25, -0.2) is 14.1 Å². The van der Waals surface area contributed by atoms with Crippen LogP contribution in [0.2, 0.25) is 0 Å². The fourth-order valence-corrected chi connectivity index (χ4v) is 3.01. The zero-order chi connectivity index (χ0) is 20.4. The van der Waals surface area contributed by atoms with Crippen LogP contribution in [0.25, 0.3) is 17.1 Å². The highest BCUT2D eigenvalue weighted by molar-refractivity contribution is 6.01. The molecular formula is C23H19FN4O. The molecule has 0 fully saturated rings. The molecule has 1 aromatic heterocycles. The first kappa shape index (κ1) is 18.6. The fraction of sp³-hybridized carbons (Fsp3) is 0.0870. The number of aromatic nitrogens is 3. The summed E-state index contributed by atoms with van der Waals surface area (Å²) in [6.07, 6.45) is 0. The summed E-state index contributed by atoms with van der Waals surface area (Å²) in [5, 5.41) is 6.98. The second-order valence-corrected chi connectivity index (χ2v) is 6.76. The number of anilines is 1. The molecular weight excluding hydrogens is 367 g/mol. The molecule has 1 amide bonds. The van der Waals surface area contributed by atoms with Crippen molar-refractivity contribution in [1.29, 1.82) is 0 Å². The van der Waals surface area contributed by atoms with Crippen LogP contribution in [0.15, 0.2) is 72.8 Å². The number of halogens is 1. The Hall–Kier alpha value is -3.80. The molecule has 0 spiro atoms. The second-order valence-electron chi connectivity index (χ2n) is 6.76. The highest BCUT2D eigenvalue weighted by atomic mass is 19.1. The van der Waals surface area contributed by atoms with Gasteiger partial charge in [-0.1, -0.05) is 60.2 Å². The van der Waals surface area contributed by atoms with Gasteiger partial charge < -0.3 is 5.32 Å². The number of rotatable bonds is 4. The molecule has 4 rings (SSSR count). The number of benzene rings is 3. The lowest BCUT2D eigenvalue weighted by atomic mass is 10.1. The van der Waals surface area contributed by atoms with E-state index in [4.69, 9.17) is 0 Å². The Morgan fingerprint density at radius 2 is 1.62 bits per heavy atom. The van der Waals surface area contributed by atoms with Crippen molar-refractivity contribution in [3.8, 4) is 17.1 Å². The number of carbonyl (C=O) groups is 1. The first-order valence-electron chi connectivity index (χ1n) is 9.19. The highest BCUT2D eigenvalue weighted by Gasteiger charge is 2.20. The van der Waals surface area contributed by atoms with Crippen molar-refractivity contribution in [3.05, 3.63) is 95.6 Å². The number of nitrogens with one attached hydrogen (secondary N) is 1. The van der Waals surface area contributed by atoms with E-state index in [1.807, 2.05) is 62.4 Å². The summed E-state index contributed by atoms with van der Waals surface area (Å²) >= 11 is 0. The maximum atomic E-state index is 13.9. The Morgan fingerprint density at radius 1 is 0.931 bits per heavy atom. The van der Waals surface area contributed by atoms with Gasteiger partial charge in [0.25, 0.3) is 5.91 Å². The van der Waals surface area contributed by atoms with E-state index in [0.29, 0.717) is 5.82 Å². The predicted molar refractivity (Wildman–Crippen MR) is 111 cm³/mol. The van der Waals surface area contributed by atoms with Crippen LogP contribution in [0, 0.1) is 19.7 Å². The van der Waals surface area contributed by atoms with Crippen molar-refractivity contribution < 1.29 is 9.18 Å². The Labute approximate surface area is 167 Å². The van der Waals surface area contributed by atoms with Crippen LogP contribution in [0.1, 0.15) is 21.7 Å². The van der Waals surface area contributed by atoms with Gasteiger partial charge in [0.2, 0.25) is 5.82 Å². The average Bonchev–Trinajstić information content (AvgIpc) is 3.16. The summed E-state index contributed by atoms with van der Waals surface area (Å²) < 4.78 is 15.6. The maximum absolute atomic E-state index is 13.9. The third-order valence-electron chi connectivity index (χ3n) is 4.59. The van der Waals surface area contributed by atoms with E-state index in [9.17, 15) is 9.18 Å². The Kier molecular flexibility index (Phi) is 4.91. The molecule has 0 radical (unpaired) electrons. The van der Waals surface area contributed by atoms with E-state index in [1.54, 1.807) is 16.8 Å². The lowest BCUT2D eigenvalue weighted by molar-refractivity contribution is 0.101. The van der Waals surface area contributed by atoms with Crippen LogP contribution in [-0.4, -0.2) is 20.7 Å². The summed E-state index contributed by atoms with van der Waals surface area (Å²) in [6.45, 7) is 3.97. The summed E-state index contributed by atoms with van der Waals surface area (Å²) in [6, 6.07) is 21.5. The average molecular weight is 386 g/mol. The minimum absolute atomic E-state index is 0.0351. The van der Waals surface area contributed by atoms with Crippen molar-refractivity contribution in [1.82, 2.24) is 14.8 Å². The summed E-state index contributed by atoms with van der Waals surface area (Å²) in [5.74, 6) is -0.584. The molecule has 3 aromatic carbocycles. The molecule has 29 heavy (non-hydrogen) atoms. The fourth-order valence-electron chi connectivity index (χ4n) is 3.01. The smallest absolute Gasteiger partial charge is 0.295 e. The summed E-state index contributed by atoms with van der Waals surface area (Å²) in [5.41, 5.74) is 3.85. The minimum Gasteiger partial charge on any atom is -0.317 e. The molecule has 0 atom stereocenters. The van der Waals surface area contributed by atoms with E-state index in [1.165, 1.54) is 12.1 Å². The van der Waals surface area contributed by atoms with Crippen LogP contribution in [-0.2, 0) is 0 Å². The van der Waals surface area contributed by atoms with Crippen LogP contribution >= 0.6 is 0 Å².